The van der Waals surface area contributed by atoms with Gasteiger partial charge < -0.3 is 9.80 Å². The molecule has 1 saturated heterocycles. The highest BCUT2D eigenvalue weighted by Gasteiger charge is 2.34. The maximum absolute atomic E-state index is 12.3. The van der Waals surface area contributed by atoms with Crippen LogP contribution in [0.3, 0.4) is 0 Å². The summed E-state index contributed by atoms with van der Waals surface area (Å²) in [5, 5.41) is 12.3. The van der Waals surface area contributed by atoms with Crippen LogP contribution in [0.25, 0.3) is 0 Å². The minimum absolute atomic E-state index is 0.0653. The van der Waals surface area contributed by atoms with Crippen molar-refractivity contribution in [2.24, 2.45) is 0 Å². The van der Waals surface area contributed by atoms with E-state index in [-0.39, 0.29) is 22.5 Å². The van der Waals surface area contributed by atoms with E-state index >= 15 is 0 Å². The molecule has 1 fully saturated rings. The molecule has 8 heteroatoms. The van der Waals surface area contributed by atoms with Gasteiger partial charge in [-0.2, -0.15) is 0 Å². The van der Waals surface area contributed by atoms with E-state index in [1.54, 1.807) is 11.1 Å². The summed E-state index contributed by atoms with van der Waals surface area (Å²) in [5.41, 5.74) is 0.941. The number of aromatic nitrogens is 3. The SMILES string of the molecule is CCC1CCCCN1c1ncnc(N(Cc2ccccc2)c2ccccn2)c1[N+](=O)[O-]. The first-order valence-electron chi connectivity index (χ1n) is 10.7. The Balaban J connectivity index is 1.84. The lowest BCUT2D eigenvalue weighted by Crippen LogP contribution is -2.40. The summed E-state index contributed by atoms with van der Waals surface area (Å²) < 4.78 is 0. The second kappa shape index (κ2) is 9.51. The van der Waals surface area contributed by atoms with Crippen LogP contribution in [0.15, 0.2) is 61.1 Å². The lowest BCUT2D eigenvalue weighted by molar-refractivity contribution is -0.383. The van der Waals surface area contributed by atoms with Crippen molar-refractivity contribution < 1.29 is 4.92 Å². The first-order chi connectivity index (χ1) is 15.2. The van der Waals surface area contributed by atoms with E-state index in [0.29, 0.717) is 18.2 Å². The number of nitrogens with zero attached hydrogens (tertiary/aromatic N) is 6. The second-order valence-corrected chi connectivity index (χ2v) is 7.64. The van der Waals surface area contributed by atoms with Gasteiger partial charge in [0.25, 0.3) is 0 Å². The highest BCUT2D eigenvalue weighted by Crippen LogP contribution is 2.40. The van der Waals surface area contributed by atoms with E-state index in [9.17, 15) is 10.1 Å². The van der Waals surface area contributed by atoms with Gasteiger partial charge in [-0.1, -0.05) is 43.3 Å². The molecule has 2 aromatic heterocycles. The number of anilines is 3. The van der Waals surface area contributed by atoms with Crippen molar-refractivity contribution in [3.63, 3.8) is 0 Å². The molecule has 1 aromatic carbocycles. The standard InChI is InChI=1S/C23H26N6O2/c1-2-19-12-7-9-15-27(19)22-21(29(30)31)23(26-17-25-22)28(20-13-6-8-14-24-20)16-18-10-4-3-5-11-18/h3-6,8,10-11,13-14,17,19H,2,7,9,12,15-16H2,1H3. The van der Waals surface area contributed by atoms with Crippen LogP contribution in [0.2, 0.25) is 0 Å². The number of pyridine rings is 1. The predicted molar refractivity (Wildman–Crippen MR) is 120 cm³/mol. The fourth-order valence-corrected chi connectivity index (χ4v) is 4.18. The Labute approximate surface area is 181 Å². The summed E-state index contributed by atoms with van der Waals surface area (Å²) >= 11 is 0. The number of hydrogen-bond acceptors (Lipinski definition) is 7. The zero-order valence-electron chi connectivity index (χ0n) is 17.6. The second-order valence-electron chi connectivity index (χ2n) is 7.64. The van der Waals surface area contributed by atoms with E-state index < -0.39 is 0 Å². The molecular formula is C23H26N6O2. The fraction of sp³-hybridized carbons (Fsp3) is 0.348. The highest BCUT2D eigenvalue weighted by molar-refractivity contribution is 5.75. The van der Waals surface area contributed by atoms with Gasteiger partial charge >= 0.3 is 5.69 Å². The molecule has 0 N–H and O–H groups in total. The molecule has 3 heterocycles. The Morgan fingerprint density at radius 3 is 2.61 bits per heavy atom. The Kier molecular flexibility index (Phi) is 6.35. The number of piperidine rings is 1. The third-order valence-corrected chi connectivity index (χ3v) is 5.70. The Hall–Kier alpha value is -3.55. The molecule has 0 radical (unpaired) electrons. The lowest BCUT2D eigenvalue weighted by atomic mass is 10.00. The largest absolute Gasteiger partial charge is 0.354 e. The van der Waals surface area contributed by atoms with E-state index in [1.807, 2.05) is 48.5 Å². The number of benzene rings is 1. The summed E-state index contributed by atoms with van der Waals surface area (Å²) in [7, 11) is 0. The summed E-state index contributed by atoms with van der Waals surface area (Å²) in [6.45, 7) is 3.29. The van der Waals surface area contributed by atoms with Crippen molar-refractivity contribution >= 4 is 23.1 Å². The van der Waals surface area contributed by atoms with Crippen molar-refractivity contribution in [3.8, 4) is 0 Å². The van der Waals surface area contributed by atoms with Gasteiger partial charge in [-0.25, -0.2) is 15.0 Å². The van der Waals surface area contributed by atoms with Crippen LogP contribution in [0.1, 0.15) is 38.2 Å². The predicted octanol–water partition coefficient (Wildman–Crippen LogP) is 4.89. The normalized spacial score (nSPS) is 16.2. The zero-order chi connectivity index (χ0) is 21.6. The number of nitro groups is 1. The molecule has 1 aliphatic rings. The molecule has 0 spiro atoms. The van der Waals surface area contributed by atoms with Gasteiger partial charge in [0.15, 0.2) is 0 Å². The quantitative estimate of drug-likeness (QED) is 0.399. The molecule has 3 aromatic rings. The van der Waals surface area contributed by atoms with Crippen LogP contribution >= 0.6 is 0 Å². The molecule has 0 bridgehead atoms. The molecule has 160 valence electrons. The van der Waals surface area contributed by atoms with Crippen molar-refractivity contribution in [3.05, 3.63) is 76.7 Å². The van der Waals surface area contributed by atoms with Crippen molar-refractivity contribution in [1.29, 1.82) is 0 Å². The summed E-state index contributed by atoms with van der Waals surface area (Å²) in [4.78, 5) is 29.1. The summed E-state index contributed by atoms with van der Waals surface area (Å²) in [6.07, 6.45) is 7.18. The Bertz CT molecular complexity index is 1020. The van der Waals surface area contributed by atoms with Gasteiger partial charge in [0.05, 0.1) is 11.5 Å². The van der Waals surface area contributed by atoms with Crippen LogP contribution in [0, 0.1) is 10.1 Å². The first-order valence-corrected chi connectivity index (χ1v) is 10.7. The zero-order valence-corrected chi connectivity index (χ0v) is 17.6. The molecule has 1 aliphatic heterocycles. The van der Waals surface area contributed by atoms with Gasteiger partial charge in [-0.3, -0.25) is 10.1 Å². The molecular weight excluding hydrogens is 392 g/mol. The third kappa shape index (κ3) is 4.47. The fourth-order valence-electron chi connectivity index (χ4n) is 4.18. The monoisotopic (exact) mass is 418 g/mol. The van der Waals surface area contributed by atoms with Crippen LogP contribution in [0.5, 0.6) is 0 Å². The average Bonchev–Trinajstić information content (AvgIpc) is 2.83. The molecule has 8 nitrogen and oxygen atoms in total. The van der Waals surface area contributed by atoms with Crippen LogP contribution in [-0.2, 0) is 6.54 Å². The maximum atomic E-state index is 12.3. The number of hydrogen-bond donors (Lipinski definition) is 0. The summed E-state index contributed by atoms with van der Waals surface area (Å²) in [5.74, 6) is 1.26. The smallest absolute Gasteiger partial charge is 0.348 e. The van der Waals surface area contributed by atoms with Crippen LogP contribution < -0.4 is 9.80 Å². The van der Waals surface area contributed by atoms with Gasteiger partial charge in [-0.05, 0) is 43.4 Å². The van der Waals surface area contributed by atoms with Crippen molar-refractivity contribution in [2.75, 3.05) is 16.3 Å². The van der Waals surface area contributed by atoms with Gasteiger partial charge in [-0.15, -0.1) is 0 Å². The first kappa shape index (κ1) is 20.7. The molecule has 0 amide bonds. The van der Waals surface area contributed by atoms with E-state index in [2.05, 4.69) is 26.8 Å². The van der Waals surface area contributed by atoms with Gasteiger partial charge in [0.1, 0.15) is 12.1 Å². The molecule has 31 heavy (non-hydrogen) atoms. The maximum Gasteiger partial charge on any atom is 0.354 e. The topological polar surface area (TPSA) is 88.3 Å². The Morgan fingerprint density at radius 2 is 1.90 bits per heavy atom. The lowest BCUT2D eigenvalue weighted by Gasteiger charge is -2.36. The van der Waals surface area contributed by atoms with E-state index in [4.69, 9.17) is 0 Å². The molecule has 4 rings (SSSR count). The van der Waals surface area contributed by atoms with E-state index in [1.165, 1.54) is 6.33 Å². The minimum Gasteiger partial charge on any atom is -0.348 e. The van der Waals surface area contributed by atoms with Crippen LogP contribution in [-0.4, -0.2) is 32.5 Å². The highest BCUT2D eigenvalue weighted by atomic mass is 16.6. The third-order valence-electron chi connectivity index (χ3n) is 5.70. The van der Waals surface area contributed by atoms with Gasteiger partial charge in [0, 0.05) is 18.8 Å². The number of rotatable bonds is 7. The minimum atomic E-state index is -0.354. The molecule has 0 saturated carbocycles. The Morgan fingerprint density at radius 1 is 1.10 bits per heavy atom. The van der Waals surface area contributed by atoms with E-state index in [0.717, 1.165) is 37.8 Å². The van der Waals surface area contributed by atoms with Crippen LogP contribution in [0.4, 0.5) is 23.1 Å². The van der Waals surface area contributed by atoms with Crippen molar-refractivity contribution in [1.82, 2.24) is 15.0 Å². The molecule has 1 atom stereocenters. The molecule has 0 aliphatic carbocycles. The average molecular weight is 419 g/mol. The molecule has 1 unspecified atom stereocenters. The summed E-state index contributed by atoms with van der Waals surface area (Å²) in [6, 6.07) is 15.6. The van der Waals surface area contributed by atoms with Crippen molar-refractivity contribution in [2.45, 2.75) is 45.2 Å². The van der Waals surface area contributed by atoms with Gasteiger partial charge in [0.2, 0.25) is 11.6 Å².